The predicted molar refractivity (Wildman–Crippen MR) is 101 cm³/mol. The topological polar surface area (TPSA) is 73.0 Å². The van der Waals surface area contributed by atoms with Crippen LogP contribution >= 0.6 is 0 Å². The van der Waals surface area contributed by atoms with Crippen LogP contribution in [0, 0.1) is 0 Å². The van der Waals surface area contributed by atoms with Crippen molar-refractivity contribution in [3.63, 3.8) is 0 Å². The van der Waals surface area contributed by atoms with E-state index in [9.17, 15) is 13.2 Å². The zero-order valence-corrected chi connectivity index (χ0v) is 16.0. The highest BCUT2D eigenvalue weighted by atomic mass is 32.2. The zero-order valence-electron chi connectivity index (χ0n) is 15.1. The van der Waals surface area contributed by atoms with Crippen molar-refractivity contribution in [1.82, 2.24) is 19.4 Å². The molecule has 2 fully saturated rings. The number of sulfonamides is 1. The molecule has 1 amide bonds. The van der Waals surface area contributed by atoms with E-state index in [-0.39, 0.29) is 11.7 Å². The second-order valence-electron chi connectivity index (χ2n) is 6.86. The molecule has 0 unspecified atom stereocenters. The summed E-state index contributed by atoms with van der Waals surface area (Å²) in [5.74, 6) is 0.251. The Balaban J connectivity index is 1.43. The maximum absolute atomic E-state index is 12.6. The summed E-state index contributed by atoms with van der Waals surface area (Å²) in [7, 11) is -3.28. The molecule has 0 aliphatic carbocycles. The molecular formula is C18H28N4O3S. The Morgan fingerprint density at radius 3 is 2.27 bits per heavy atom. The summed E-state index contributed by atoms with van der Waals surface area (Å²) in [4.78, 5) is 16.3. The number of carbonyl (C=O) groups is 1. The summed E-state index contributed by atoms with van der Waals surface area (Å²) in [6.07, 6.45) is 0.511. The van der Waals surface area contributed by atoms with Gasteiger partial charge in [0.25, 0.3) is 0 Å². The van der Waals surface area contributed by atoms with Gasteiger partial charge in [-0.3, -0.25) is 4.79 Å². The predicted octanol–water partition coefficient (Wildman–Crippen LogP) is -0.0441. The van der Waals surface area contributed by atoms with Crippen LogP contribution in [-0.2, 0) is 20.6 Å². The van der Waals surface area contributed by atoms with Crippen molar-refractivity contribution >= 4 is 15.9 Å². The quantitative estimate of drug-likeness (QED) is 0.750. The van der Waals surface area contributed by atoms with E-state index < -0.39 is 10.0 Å². The maximum Gasteiger partial charge on any atom is 0.223 e. The van der Waals surface area contributed by atoms with E-state index in [0.717, 1.165) is 31.7 Å². The highest BCUT2D eigenvalue weighted by molar-refractivity contribution is 7.88. The summed E-state index contributed by atoms with van der Waals surface area (Å²) in [5, 5.41) is 3.24. The van der Waals surface area contributed by atoms with Crippen molar-refractivity contribution in [3.8, 4) is 0 Å². The molecule has 0 bridgehead atoms. The summed E-state index contributed by atoms with van der Waals surface area (Å²) in [6.45, 7) is 6.36. The molecule has 0 saturated carbocycles. The van der Waals surface area contributed by atoms with Gasteiger partial charge in [-0.05, 0) is 5.56 Å². The Kier molecular flexibility index (Phi) is 6.63. The van der Waals surface area contributed by atoms with Gasteiger partial charge in [0.05, 0.1) is 5.75 Å². The minimum atomic E-state index is -3.28. The van der Waals surface area contributed by atoms with E-state index in [0.29, 0.717) is 39.1 Å². The number of amides is 1. The lowest BCUT2D eigenvalue weighted by Gasteiger charge is -2.34. The molecule has 3 rings (SSSR count). The molecule has 8 heteroatoms. The van der Waals surface area contributed by atoms with Crippen molar-refractivity contribution in [3.05, 3.63) is 35.9 Å². The van der Waals surface area contributed by atoms with Crippen LogP contribution in [0.3, 0.4) is 0 Å². The number of hydrogen-bond acceptors (Lipinski definition) is 5. The van der Waals surface area contributed by atoms with E-state index in [4.69, 9.17) is 0 Å². The molecule has 1 N–H and O–H groups in total. The molecule has 1 aromatic rings. The van der Waals surface area contributed by atoms with Crippen LogP contribution < -0.4 is 5.32 Å². The molecule has 1 aromatic carbocycles. The average Bonchev–Trinajstić information content (AvgIpc) is 2.67. The first-order valence-electron chi connectivity index (χ1n) is 9.27. The normalized spacial score (nSPS) is 20.2. The van der Waals surface area contributed by atoms with Gasteiger partial charge in [-0.25, -0.2) is 8.42 Å². The lowest BCUT2D eigenvalue weighted by atomic mass is 10.2. The van der Waals surface area contributed by atoms with E-state index in [1.54, 1.807) is 4.31 Å². The molecule has 0 atom stereocenters. The number of nitrogens with zero attached hydrogens (tertiary/aromatic N) is 3. The second-order valence-corrected chi connectivity index (χ2v) is 8.83. The molecular weight excluding hydrogens is 352 g/mol. The molecule has 26 heavy (non-hydrogen) atoms. The molecule has 2 heterocycles. The summed E-state index contributed by atoms with van der Waals surface area (Å²) >= 11 is 0. The zero-order chi connectivity index (χ0) is 18.4. The first-order valence-corrected chi connectivity index (χ1v) is 10.9. The van der Waals surface area contributed by atoms with Gasteiger partial charge in [-0.15, -0.1) is 0 Å². The summed E-state index contributed by atoms with van der Waals surface area (Å²) < 4.78 is 26.7. The van der Waals surface area contributed by atoms with Gasteiger partial charge in [0.1, 0.15) is 0 Å². The highest BCUT2D eigenvalue weighted by Gasteiger charge is 2.27. The Hall–Kier alpha value is -1.48. The lowest BCUT2D eigenvalue weighted by Crippen LogP contribution is -2.50. The number of carbonyl (C=O) groups excluding carboxylic acids is 1. The van der Waals surface area contributed by atoms with Crippen LogP contribution in [-0.4, -0.2) is 87.3 Å². The molecule has 144 valence electrons. The van der Waals surface area contributed by atoms with Gasteiger partial charge in [-0.2, -0.15) is 4.31 Å². The van der Waals surface area contributed by atoms with Gasteiger partial charge in [-0.1, -0.05) is 30.3 Å². The van der Waals surface area contributed by atoms with Crippen molar-refractivity contribution in [2.45, 2.75) is 12.2 Å². The molecule has 0 spiro atoms. The molecule has 2 aliphatic heterocycles. The highest BCUT2D eigenvalue weighted by Crippen LogP contribution is 2.14. The summed E-state index contributed by atoms with van der Waals surface area (Å²) in [5.41, 5.74) is 0.816. The van der Waals surface area contributed by atoms with Crippen LogP contribution in [0.2, 0.25) is 0 Å². The maximum atomic E-state index is 12.6. The lowest BCUT2D eigenvalue weighted by molar-refractivity contribution is -0.132. The van der Waals surface area contributed by atoms with Crippen LogP contribution in [0.1, 0.15) is 12.0 Å². The smallest absolute Gasteiger partial charge is 0.223 e. The number of benzene rings is 1. The third-order valence-corrected chi connectivity index (χ3v) is 6.88. The van der Waals surface area contributed by atoms with E-state index in [2.05, 4.69) is 10.2 Å². The Bertz CT molecular complexity index is 682. The molecule has 7 nitrogen and oxygen atoms in total. The Morgan fingerprint density at radius 1 is 0.962 bits per heavy atom. The van der Waals surface area contributed by atoms with Gasteiger partial charge < -0.3 is 15.1 Å². The second kappa shape index (κ2) is 8.94. The van der Waals surface area contributed by atoms with Gasteiger partial charge in [0, 0.05) is 65.3 Å². The fraction of sp³-hybridized carbons (Fsp3) is 0.611. The number of rotatable bonds is 6. The van der Waals surface area contributed by atoms with Crippen molar-refractivity contribution in [2.75, 3.05) is 58.9 Å². The third-order valence-electron chi connectivity index (χ3n) is 5.03. The minimum absolute atomic E-state index is 0.0509. The van der Waals surface area contributed by atoms with Crippen LogP contribution in [0.25, 0.3) is 0 Å². The average molecular weight is 381 g/mol. The number of nitrogens with one attached hydrogen (secondary N) is 1. The molecule has 2 aliphatic rings. The monoisotopic (exact) mass is 380 g/mol. The standard InChI is InChI=1S/C18H28N4O3S/c23-18(21-10-7-19-8-11-21)6-9-20-12-14-22(15-13-20)26(24,25)16-17-4-2-1-3-5-17/h1-5,19H,6-16H2. The largest absolute Gasteiger partial charge is 0.340 e. The fourth-order valence-electron chi connectivity index (χ4n) is 3.43. The molecule has 2 saturated heterocycles. The number of hydrogen-bond donors (Lipinski definition) is 1. The fourth-order valence-corrected chi connectivity index (χ4v) is 4.95. The van der Waals surface area contributed by atoms with Crippen LogP contribution in [0.4, 0.5) is 0 Å². The molecule has 0 radical (unpaired) electrons. The first-order chi connectivity index (χ1) is 12.5. The van der Waals surface area contributed by atoms with E-state index >= 15 is 0 Å². The van der Waals surface area contributed by atoms with Crippen LogP contribution in [0.5, 0.6) is 0 Å². The van der Waals surface area contributed by atoms with E-state index in [1.807, 2.05) is 35.2 Å². The SMILES string of the molecule is O=C(CCN1CCN(S(=O)(=O)Cc2ccccc2)CC1)N1CCNCC1. The van der Waals surface area contributed by atoms with Gasteiger partial charge in [0.15, 0.2) is 0 Å². The van der Waals surface area contributed by atoms with Gasteiger partial charge in [0.2, 0.25) is 15.9 Å². The number of piperazine rings is 2. The molecule has 0 aromatic heterocycles. The van der Waals surface area contributed by atoms with Crippen molar-refractivity contribution in [2.24, 2.45) is 0 Å². The van der Waals surface area contributed by atoms with Crippen molar-refractivity contribution in [1.29, 1.82) is 0 Å². The third kappa shape index (κ3) is 5.26. The van der Waals surface area contributed by atoms with E-state index in [1.165, 1.54) is 0 Å². The van der Waals surface area contributed by atoms with Crippen molar-refractivity contribution < 1.29 is 13.2 Å². The van der Waals surface area contributed by atoms with Gasteiger partial charge >= 0.3 is 0 Å². The first kappa shape index (κ1) is 19.3. The van der Waals surface area contributed by atoms with Crippen LogP contribution in [0.15, 0.2) is 30.3 Å². The Labute approximate surface area is 156 Å². The Morgan fingerprint density at radius 2 is 1.62 bits per heavy atom. The minimum Gasteiger partial charge on any atom is -0.340 e. The summed E-state index contributed by atoms with van der Waals surface area (Å²) in [6, 6.07) is 9.29.